The number of furan rings is 1. The molecule has 0 aliphatic heterocycles. The predicted molar refractivity (Wildman–Crippen MR) is 127 cm³/mol. The summed E-state index contributed by atoms with van der Waals surface area (Å²) in [5, 5.41) is 6.22. The van der Waals surface area contributed by atoms with Gasteiger partial charge in [-0.15, -0.1) is 0 Å². The molecule has 1 aliphatic carbocycles. The molecule has 0 atom stereocenters. The van der Waals surface area contributed by atoms with Crippen molar-refractivity contribution in [3.8, 4) is 0 Å². The number of nitrogens with zero attached hydrogens (tertiary/aromatic N) is 1. The molecule has 6 nitrogen and oxygen atoms in total. The van der Waals surface area contributed by atoms with Crippen molar-refractivity contribution in [1.29, 1.82) is 0 Å². The number of rotatable bonds is 7. The first-order valence-corrected chi connectivity index (χ1v) is 11.5. The third-order valence-corrected chi connectivity index (χ3v) is 6.45. The van der Waals surface area contributed by atoms with E-state index in [0.29, 0.717) is 23.6 Å². The molecule has 33 heavy (non-hydrogen) atoms. The molecule has 0 saturated heterocycles. The summed E-state index contributed by atoms with van der Waals surface area (Å²) in [5.74, 6) is 1.38. The van der Waals surface area contributed by atoms with Crippen molar-refractivity contribution in [3.63, 3.8) is 0 Å². The molecule has 0 radical (unpaired) electrons. The Morgan fingerprint density at radius 1 is 1.06 bits per heavy atom. The summed E-state index contributed by atoms with van der Waals surface area (Å²) in [4.78, 5) is 29.9. The van der Waals surface area contributed by atoms with Crippen molar-refractivity contribution in [2.45, 2.75) is 57.9 Å². The Balaban J connectivity index is 1.45. The topological polar surface area (TPSA) is 84.2 Å². The van der Waals surface area contributed by atoms with Gasteiger partial charge in [0.1, 0.15) is 17.2 Å². The Hall–Kier alpha value is -3.41. The van der Waals surface area contributed by atoms with Crippen LogP contribution >= 0.6 is 0 Å². The number of carbonyl (C=O) groups is 2. The maximum absolute atomic E-state index is 12.9. The van der Waals surface area contributed by atoms with Gasteiger partial charge in [-0.2, -0.15) is 0 Å². The number of pyridine rings is 1. The predicted octanol–water partition coefficient (Wildman–Crippen LogP) is 4.68. The molecule has 4 rings (SSSR count). The molecule has 2 heterocycles. The average molecular weight is 446 g/mol. The van der Waals surface area contributed by atoms with Crippen molar-refractivity contribution in [1.82, 2.24) is 15.6 Å². The Kier molecular flexibility index (Phi) is 6.36. The number of carbonyl (C=O) groups excluding carboxylic acids is 2. The summed E-state index contributed by atoms with van der Waals surface area (Å²) >= 11 is 0. The molecule has 2 N–H and O–H groups in total. The maximum Gasteiger partial charge on any atom is 0.270 e. The molecule has 2 amide bonds. The van der Waals surface area contributed by atoms with Crippen LogP contribution in [0.25, 0.3) is 0 Å². The highest BCUT2D eigenvalue weighted by molar-refractivity contribution is 5.95. The summed E-state index contributed by atoms with van der Waals surface area (Å²) in [6.07, 6.45) is 1.49. The second-order valence-electron chi connectivity index (χ2n) is 9.35. The van der Waals surface area contributed by atoms with E-state index in [4.69, 9.17) is 4.42 Å². The SMILES string of the molecule is Cc1cccc(C(=O)NC2CC(CNC(=O)c3cc(C(C)C)oc3C)(c3ccccc3)C2)n1. The van der Waals surface area contributed by atoms with E-state index >= 15 is 0 Å². The standard InChI is InChI=1S/C27H31N3O3/c1-17(2)24-13-22(19(4)33-24)25(31)28-16-27(20-10-6-5-7-11-20)14-21(15-27)30-26(32)23-12-8-9-18(3)29-23/h5-13,17,21H,14-16H2,1-4H3,(H,28,31)(H,30,32). The number of hydrogen-bond donors (Lipinski definition) is 2. The number of aryl methyl sites for hydroxylation is 2. The van der Waals surface area contributed by atoms with Crippen molar-refractivity contribution in [2.75, 3.05) is 6.54 Å². The largest absolute Gasteiger partial charge is 0.465 e. The molecule has 3 aromatic rings. The fraction of sp³-hybridized carbons (Fsp3) is 0.370. The lowest BCUT2D eigenvalue weighted by atomic mass is 9.61. The van der Waals surface area contributed by atoms with Crippen LogP contribution in [0.4, 0.5) is 0 Å². The molecule has 0 spiro atoms. The first kappa shape index (κ1) is 22.8. The van der Waals surface area contributed by atoms with Crippen LogP contribution in [0.5, 0.6) is 0 Å². The third kappa shape index (κ3) is 4.85. The van der Waals surface area contributed by atoms with E-state index in [-0.39, 0.29) is 29.2 Å². The minimum absolute atomic E-state index is 0.0279. The Labute approximate surface area is 194 Å². The van der Waals surface area contributed by atoms with Gasteiger partial charge in [-0.1, -0.05) is 50.2 Å². The zero-order valence-corrected chi connectivity index (χ0v) is 19.6. The fourth-order valence-corrected chi connectivity index (χ4v) is 4.55. The van der Waals surface area contributed by atoms with Gasteiger partial charge in [-0.25, -0.2) is 4.98 Å². The minimum atomic E-state index is -0.229. The smallest absolute Gasteiger partial charge is 0.270 e. The van der Waals surface area contributed by atoms with Crippen molar-refractivity contribution in [2.24, 2.45) is 0 Å². The molecule has 1 fully saturated rings. The molecule has 1 aliphatic rings. The molecule has 172 valence electrons. The zero-order chi connectivity index (χ0) is 23.6. The quantitative estimate of drug-likeness (QED) is 0.553. The number of amides is 2. The first-order chi connectivity index (χ1) is 15.8. The highest BCUT2D eigenvalue weighted by Gasteiger charge is 2.46. The molecule has 1 saturated carbocycles. The molecule has 6 heteroatoms. The molecule has 0 unspecified atom stereocenters. The van der Waals surface area contributed by atoms with E-state index in [1.54, 1.807) is 6.07 Å². The number of benzene rings is 1. The van der Waals surface area contributed by atoms with Gasteiger partial charge in [0.05, 0.1) is 5.56 Å². The van der Waals surface area contributed by atoms with Gasteiger partial charge in [0.25, 0.3) is 11.8 Å². The van der Waals surface area contributed by atoms with Crippen LogP contribution in [-0.2, 0) is 5.41 Å². The molecular formula is C27H31N3O3. The van der Waals surface area contributed by atoms with Crippen LogP contribution in [0.15, 0.2) is 59.0 Å². The van der Waals surface area contributed by atoms with Crippen LogP contribution in [0.3, 0.4) is 0 Å². The van der Waals surface area contributed by atoms with E-state index in [0.717, 1.165) is 29.9 Å². The van der Waals surface area contributed by atoms with Crippen molar-refractivity contribution >= 4 is 11.8 Å². The van der Waals surface area contributed by atoms with Crippen LogP contribution in [0, 0.1) is 13.8 Å². The van der Waals surface area contributed by atoms with Crippen molar-refractivity contribution < 1.29 is 14.0 Å². The normalized spacial score (nSPS) is 19.7. The Morgan fingerprint density at radius 2 is 1.79 bits per heavy atom. The Bertz CT molecular complexity index is 1140. The second-order valence-corrected chi connectivity index (χ2v) is 9.35. The lowest BCUT2D eigenvalue weighted by molar-refractivity contribution is 0.0819. The zero-order valence-electron chi connectivity index (χ0n) is 19.6. The monoisotopic (exact) mass is 445 g/mol. The number of hydrogen-bond acceptors (Lipinski definition) is 4. The summed E-state index contributed by atoms with van der Waals surface area (Å²) in [7, 11) is 0. The minimum Gasteiger partial charge on any atom is -0.465 e. The second kappa shape index (κ2) is 9.22. The van der Waals surface area contributed by atoms with Gasteiger partial charge in [0, 0.05) is 29.6 Å². The third-order valence-electron chi connectivity index (χ3n) is 6.45. The first-order valence-electron chi connectivity index (χ1n) is 11.5. The summed E-state index contributed by atoms with van der Waals surface area (Å²) in [5.41, 5.74) is 2.76. The van der Waals surface area contributed by atoms with Crippen LogP contribution in [0.1, 0.15) is 76.2 Å². The lowest BCUT2D eigenvalue weighted by Gasteiger charge is -2.48. The molecule has 0 bridgehead atoms. The van der Waals surface area contributed by atoms with Gasteiger partial charge < -0.3 is 15.1 Å². The highest BCUT2D eigenvalue weighted by Crippen LogP contribution is 2.43. The van der Waals surface area contributed by atoms with Crippen LogP contribution in [-0.4, -0.2) is 29.4 Å². The number of nitrogens with one attached hydrogen (secondary N) is 2. The molecule has 1 aromatic carbocycles. The highest BCUT2D eigenvalue weighted by atomic mass is 16.3. The van der Waals surface area contributed by atoms with E-state index in [1.165, 1.54) is 0 Å². The summed E-state index contributed by atoms with van der Waals surface area (Å²) < 4.78 is 5.75. The van der Waals surface area contributed by atoms with Gasteiger partial charge in [-0.05, 0) is 50.5 Å². The van der Waals surface area contributed by atoms with E-state index in [9.17, 15) is 9.59 Å². The van der Waals surface area contributed by atoms with Gasteiger partial charge in [0.2, 0.25) is 0 Å². The summed E-state index contributed by atoms with van der Waals surface area (Å²) in [6, 6.07) is 17.5. The van der Waals surface area contributed by atoms with Crippen LogP contribution in [0.2, 0.25) is 0 Å². The van der Waals surface area contributed by atoms with E-state index in [1.807, 2.05) is 64.1 Å². The van der Waals surface area contributed by atoms with Crippen LogP contribution < -0.4 is 10.6 Å². The van der Waals surface area contributed by atoms with Gasteiger partial charge in [0.15, 0.2) is 0 Å². The van der Waals surface area contributed by atoms with Crippen molar-refractivity contribution in [3.05, 3.63) is 88.6 Å². The Morgan fingerprint density at radius 3 is 2.42 bits per heavy atom. The average Bonchev–Trinajstić information content (AvgIpc) is 3.17. The van der Waals surface area contributed by atoms with E-state index in [2.05, 4.69) is 27.8 Å². The lowest BCUT2D eigenvalue weighted by Crippen LogP contribution is -2.57. The van der Waals surface area contributed by atoms with E-state index < -0.39 is 0 Å². The number of aromatic nitrogens is 1. The van der Waals surface area contributed by atoms with Gasteiger partial charge in [-0.3, -0.25) is 9.59 Å². The molecular weight excluding hydrogens is 414 g/mol. The summed E-state index contributed by atoms with van der Waals surface area (Å²) in [6.45, 7) is 8.27. The molecule has 2 aromatic heterocycles. The maximum atomic E-state index is 12.9. The fourth-order valence-electron chi connectivity index (χ4n) is 4.55. The van der Waals surface area contributed by atoms with Gasteiger partial charge >= 0.3 is 0 Å².